The zero-order chi connectivity index (χ0) is 11.7. The average molecular weight is 240 g/mol. The molecule has 2 amide bonds. The van der Waals surface area contributed by atoms with E-state index in [0.717, 1.165) is 30.3 Å². The molecule has 6 heteroatoms. The van der Waals surface area contributed by atoms with E-state index >= 15 is 0 Å². The molecule has 1 aromatic rings. The third-order valence-electron chi connectivity index (χ3n) is 2.72. The van der Waals surface area contributed by atoms with E-state index in [1.54, 1.807) is 11.3 Å². The van der Waals surface area contributed by atoms with Crippen LogP contribution in [0.5, 0.6) is 0 Å². The SMILES string of the molecule is CCN(C(N)=O)c1nc2c(s1)CN(C)CC2. The van der Waals surface area contributed by atoms with E-state index in [4.69, 9.17) is 5.73 Å². The van der Waals surface area contributed by atoms with Crippen LogP contribution in [0.15, 0.2) is 0 Å². The largest absolute Gasteiger partial charge is 0.351 e. The summed E-state index contributed by atoms with van der Waals surface area (Å²) in [4.78, 5) is 20.7. The van der Waals surface area contributed by atoms with Crippen LogP contribution in [0.3, 0.4) is 0 Å². The van der Waals surface area contributed by atoms with Gasteiger partial charge in [-0.1, -0.05) is 11.3 Å². The summed E-state index contributed by atoms with van der Waals surface area (Å²) in [7, 11) is 2.09. The van der Waals surface area contributed by atoms with Gasteiger partial charge in [0.15, 0.2) is 5.13 Å². The lowest BCUT2D eigenvalue weighted by Crippen LogP contribution is -2.35. The Balaban J connectivity index is 2.27. The molecule has 0 unspecified atom stereocenters. The Kier molecular flexibility index (Phi) is 3.11. The predicted molar refractivity (Wildman–Crippen MR) is 64.8 cm³/mol. The van der Waals surface area contributed by atoms with Gasteiger partial charge in [-0.15, -0.1) is 0 Å². The molecule has 16 heavy (non-hydrogen) atoms. The van der Waals surface area contributed by atoms with Crippen LogP contribution >= 0.6 is 11.3 Å². The Labute approximate surface area is 98.9 Å². The van der Waals surface area contributed by atoms with E-state index in [1.165, 1.54) is 9.78 Å². The molecule has 0 aliphatic carbocycles. The summed E-state index contributed by atoms with van der Waals surface area (Å²) in [5.74, 6) is 0. The third kappa shape index (κ3) is 2.03. The van der Waals surface area contributed by atoms with E-state index in [-0.39, 0.29) is 0 Å². The Morgan fingerprint density at radius 1 is 1.69 bits per heavy atom. The fraction of sp³-hybridized carbons (Fsp3) is 0.600. The van der Waals surface area contributed by atoms with Crippen LogP contribution in [-0.2, 0) is 13.0 Å². The predicted octanol–water partition coefficient (Wildman–Crippen LogP) is 1.04. The first-order valence-electron chi connectivity index (χ1n) is 5.36. The van der Waals surface area contributed by atoms with Gasteiger partial charge < -0.3 is 10.6 Å². The number of hydrogen-bond acceptors (Lipinski definition) is 4. The highest BCUT2D eigenvalue weighted by Gasteiger charge is 2.22. The number of nitrogens with two attached hydrogens (primary N) is 1. The van der Waals surface area contributed by atoms with Crippen molar-refractivity contribution >= 4 is 22.5 Å². The van der Waals surface area contributed by atoms with E-state index in [2.05, 4.69) is 16.9 Å². The smallest absolute Gasteiger partial charge is 0.321 e. The van der Waals surface area contributed by atoms with Gasteiger partial charge in [-0.25, -0.2) is 9.78 Å². The number of hydrogen-bond donors (Lipinski definition) is 1. The second-order valence-corrected chi connectivity index (χ2v) is 5.00. The molecule has 0 saturated heterocycles. The molecule has 0 saturated carbocycles. The summed E-state index contributed by atoms with van der Waals surface area (Å²) in [6, 6.07) is -0.429. The Morgan fingerprint density at radius 3 is 3.06 bits per heavy atom. The van der Waals surface area contributed by atoms with Gasteiger partial charge in [-0.2, -0.15) is 0 Å². The molecule has 0 aromatic carbocycles. The number of thiazole rings is 1. The number of rotatable bonds is 2. The van der Waals surface area contributed by atoms with Crippen molar-refractivity contribution in [2.45, 2.75) is 19.9 Å². The number of urea groups is 1. The number of primary amides is 1. The maximum atomic E-state index is 11.2. The first-order valence-corrected chi connectivity index (χ1v) is 6.17. The van der Waals surface area contributed by atoms with E-state index in [1.807, 2.05) is 6.92 Å². The number of anilines is 1. The van der Waals surface area contributed by atoms with Crippen molar-refractivity contribution in [2.24, 2.45) is 5.73 Å². The van der Waals surface area contributed by atoms with Crippen molar-refractivity contribution in [3.8, 4) is 0 Å². The summed E-state index contributed by atoms with van der Waals surface area (Å²) in [5.41, 5.74) is 6.43. The lowest BCUT2D eigenvalue weighted by molar-refractivity contribution is 0.254. The van der Waals surface area contributed by atoms with Crippen molar-refractivity contribution in [3.63, 3.8) is 0 Å². The van der Waals surface area contributed by atoms with Crippen LogP contribution < -0.4 is 10.6 Å². The first kappa shape index (κ1) is 11.3. The van der Waals surface area contributed by atoms with Crippen molar-refractivity contribution in [1.29, 1.82) is 0 Å². The Bertz CT molecular complexity index is 404. The first-order chi connectivity index (χ1) is 7.61. The van der Waals surface area contributed by atoms with Gasteiger partial charge in [0.25, 0.3) is 0 Å². The molecule has 1 aliphatic heterocycles. The molecule has 88 valence electrons. The van der Waals surface area contributed by atoms with Gasteiger partial charge in [0.2, 0.25) is 0 Å². The minimum atomic E-state index is -0.429. The van der Waals surface area contributed by atoms with Crippen molar-refractivity contribution < 1.29 is 4.79 Å². The molecular formula is C10H16N4OS. The highest BCUT2D eigenvalue weighted by Crippen LogP contribution is 2.29. The molecule has 2 heterocycles. The molecule has 2 rings (SSSR count). The fourth-order valence-corrected chi connectivity index (χ4v) is 3.07. The number of aromatic nitrogens is 1. The Morgan fingerprint density at radius 2 is 2.44 bits per heavy atom. The molecule has 1 aliphatic rings. The van der Waals surface area contributed by atoms with Gasteiger partial charge in [0, 0.05) is 30.9 Å². The standard InChI is InChI=1S/C10H16N4OS/c1-3-14(9(11)15)10-12-7-4-5-13(2)6-8(7)16-10/h3-6H2,1-2H3,(H2,11,15). The molecule has 2 N–H and O–H groups in total. The number of carbonyl (C=O) groups excluding carboxylic acids is 1. The molecule has 5 nitrogen and oxygen atoms in total. The van der Waals surface area contributed by atoms with Crippen LogP contribution in [0, 0.1) is 0 Å². The minimum absolute atomic E-state index is 0.429. The zero-order valence-corrected chi connectivity index (χ0v) is 10.4. The fourth-order valence-electron chi connectivity index (χ4n) is 1.81. The molecule has 0 fully saturated rings. The molecule has 0 radical (unpaired) electrons. The minimum Gasteiger partial charge on any atom is -0.351 e. The zero-order valence-electron chi connectivity index (χ0n) is 9.56. The van der Waals surface area contributed by atoms with Crippen LogP contribution in [0.2, 0.25) is 0 Å². The number of nitrogens with zero attached hydrogens (tertiary/aromatic N) is 3. The van der Waals surface area contributed by atoms with Gasteiger partial charge in [0.1, 0.15) is 0 Å². The highest BCUT2D eigenvalue weighted by atomic mass is 32.1. The van der Waals surface area contributed by atoms with Crippen LogP contribution in [-0.4, -0.2) is 36.1 Å². The lowest BCUT2D eigenvalue weighted by Gasteiger charge is -2.20. The molecule has 0 spiro atoms. The molecular weight excluding hydrogens is 224 g/mol. The van der Waals surface area contributed by atoms with E-state index in [9.17, 15) is 4.79 Å². The maximum Gasteiger partial charge on any atom is 0.321 e. The number of amides is 2. The normalized spacial score (nSPS) is 15.9. The number of likely N-dealkylation sites (N-methyl/N-ethyl adjacent to an activating group) is 1. The van der Waals surface area contributed by atoms with Gasteiger partial charge in [-0.3, -0.25) is 4.90 Å². The Hall–Kier alpha value is -1.14. The van der Waals surface area contributed by atoms with Crippen LogP contribution in [0.4, 0.5) is 9.93 Å². The monoisotopic (exact) mass is 240 g/mol. The highest BCUT2D eigenvalue weighted by molar-refractivity contribution is 7.15. The van der Waals surface area contributed by atoms with Crippen LogP contribution in [0.25, 0.3) is 0 Å². The third-order valence-corrected chi connectivity index (χ3v) is 3.83. The van der Waals surface area contributed by atoms with Crippen molar-refractivity contribution in [2.75, 3.05) is 25.0 Å². The van der Waals surface area contributed by atoms with Crippen molar-refractivity contribution in [3.05, 3.63) is 10.6 Å². The van der Waals surface area contributed by atoms with E-state index in [0.29, 0.717) is 6.54 Å². The molecule has 0 atom stereocenters. The lowest BCUT2D eigenvalue weighted by atomic mass is 10.2. The number of fused-ring (bicyclic) bond motifs is 1. The summed E-state index contributed by atoms with van der Waals surface area (Å²) < 4.78 is 0. The topological polar surface area (TPSA) is 62.5 Å². The van der Waals surface area contributed by atoms with Gasteiger partial charge in [0.05, 0.1) is 5.69 Å². The quantitative estimate of drug-likeness (QED) is 0.840. The van der Waals surface area contributed by atoms with Gasteiger partial charge in [-0.05, 0) is 14.0 Å². The second-order valence-electron chi connectivity index (χ2n) is 3.94. The van der Waals surface area contributed by atoms with Crippen molar-refractivity contribution in [1.82, 2.24) is 9.88 Å². The number of carbonyl (C=O) groups is 1. The maximum absolute atomic E-state index is 11.2. The molecule has 1 aromatic heterocycles. The van der Waals surface area contributed by atoms with E-state index < -0.39 is 6.03 Å². The molecule has 0 bridgehead atoms. The summed E-state index contributed by atoms with van der Waals surface area (Å²) in [6.45, 7) is 4.41. The van der Waals surface area contributed by atoms with Gasteiger partial charge >= 0.3 is 6.03 Å². The summed E-state index contributed by atoms with van der Waals surface area (Å²) in [5, 5.41) is 0.732. The summed E-state index contributed by atoms with van der Waals surface area (Å²) >= 11 is 1.57. The average Bonchev–Trinajstić information content (AvgIpc) is 2.60. The second kappa shape index (κ2) is 4.39. The van der Waals surface area contributed by atoms with Crippen LogP contribution in [0.1, 0.15) is 17.5 Å². The summed E-state index contributed by atoms with van der Waals surface area (Å²) in [6.07, 6.45) is 0.957.